The first-order valence-corrected chi connectivity index (χ1v) is 12.4. The van der Waals surface area contributed by atoms with Gasteiger partial charge < -0.3 is 4.74 Å². The van der Waals surface area contributed by atoms with Crippen LogP contribution in [0, 0.1) is 0 Å². The average molecular weight is 450 g/mol. The van der Waals surface area contributed by atoms with Gasteiger partial charge in [0.25, 0.3) is 10.0 Å². The van der Waals surface area contributed by atoms with Crippen molar-refractivity contribution < 1.29 is 21.6 Å². The summed E-state index contributed by atoms with van der Waals surface area (Å²) in [5.74, 6) is 0.181. The van der Waals surface area contributed by atoms with Gasteiger partial charge >= 0.3 is 0 Å². The molecule has 0 bridgehead atoms. The molecule has 0 N–H and O–H groups in total. The zero-order valence-corrected chi connectivity index (χ0v) is 18.4. The number of rotatable bonds is 5. The van der Waals surface area contributed by atoms with Crippen molar-refractivity contribution in [3.05, 3.63) is 54.4 Å². The van der Waals surface area contributed by atoms with Gasteiger partial charge in [-0.2, -0.15) is 0 Å². The van der Waals surface area contributed by atoms with E-state index < -0.39 is 20.0 Å². The third kappa shape index (κ3) is 3.53. The van der Waals surface area contributed by atoms with E-state index in [1.54, 1.807) is 24.5 Å². The average Bonchev–Trinajstić information content (AvgIpc) is 3.15. The Kier molecular flexibility index (Phi) is 5.43. The molecule has 3 heterocycles. The number of nitrogens with zero attached hydrogens (tertiary/aromatic N) is 3. The molecule has 0 radical (unpaired) electrons. The van der Waals surface area contributed by atoms with Gasteiger partial charge in [-0.15, -0.1) is 0 Å². The lowest BCUT2D eigenvalue weighted by atomic mass is 9.93. The van der Waals surface area contributed by atoms with Crippen molar-refractivity contribution in [1.82, 2.24) is 13.3 Å². The van der Waals surface area contributed by atoms with Crippen LogP contribution in [0.25, 0.3) is 11.0 Å². The van der Waals surface area contributed by atoms with E-state index in [1.807, 2.05) is 0 Å². The van der Waals surface area contributed by atoms with E-state index in [0.29, 0.717) is 24.2 Å². The number of sulfonamides is 1. The predicted octanol–water partition coefficient (Wildman–Crippen LogP) is 2.42. The summed E-state index contributed by atoms with van der Waals surface area (Å²) < 4.78 is 59.1. The Hall–Kier alpha value is -2.27. The Labute approximate surface area is 176 Å². The second-order valence-corrected chi connectivity index (χ2v) is 11.4. The van der Waals surface area contributed by atoms with E-state index in [1.165, 1.54) is 42.3 Å². The van der Waals surface area contributed by atoms with E-state index in [-0.39, 0.29) is 15.7 Å². The second-order valence-electron chi connectivity index (χ2n) is 7.40. The topological polar surface area (TPSA) is 98.6 Å². The molecule has 1 aliphatic heterocycles. The van der Waals surface area contributed by atoms with Crippen molar-refractivity contribution in [2.24, 2.45) is 0 Å². The SMILES string of the molecule is CN(C)S(=O)(=O)c1ccc(S(=O)(=O)n2cc(C3CCOCC3)c3ncccc32)cc1. The van der Waals surface area contributed by atoms with Crippen LogP contribution in [0.15, 0.2) is 58.6 Å². The van der Waals surface area contributed by atoms with Gasteiger partial charge in [-0.05, 0) is 55.2 Å². The minimum absolute atomic E-state index is 0.0134. The van der Waals surface area contributed by atoms with E-state index >= 15 is 0 Å². The van der Waals surface area contributed by atoms with E-state index in [2.05, 4.69) is 4.98 Å². The molecule has 0 atom stereocenters. The van der Waals surface area contributed by atoms with Crippen molar-refractivity contribution in [2.45, 2.75) is 28.6 Å². The first kappa shape index (κ1) is 21.0. The minimum atomic E-state index is -3.93. The van der Waals surface area contributed by atoms with Crippen LogP contribution in [0.1, 0.15) is 24.3 Å². The minimum Gasteiger partial charge on any atom is -0.381 e. The fraction of sp³-hybridized carbons (Fsp3) is 0.350. The maximum absolute atomic E-state index is 13.4. The number of fused-ring (bicyclic) bond motifs is 1. The summed E-state index contributed by atoms with van der Waals surface area (Å²) >= 11 is 0. The highest BCUT2D eigenvalue weighted by molar-refractivity contribution is 7.90. The first-order chi connectivity index (χ1) is 14.2. The third-order valence-corrected chi connectivity index (χ3v) is 8.89. The predicted molar refractivity (Wildman–Crippen MR) is 112 cm³/mol. The van der Waals surface area contributed by atoms with Crippen LogP contribution in [0.4, 0.5) is 0 Å². The van der Waals surface area contributed by atoms with Crippen LogP contribution in [0.5, 0.6) is 0 Å². The summed E-state index contributed by atoms with van der Waals surface area (Å²) in [6.07, 6.45) is 4.93. The van der Waals surface area contributed by atoms with E-state index in [9.17, 15) is 16.8 Å². The van der Waals surface area contributed by atoms with Crippen molar-refractivity contribution in [2.75, 3.05) is 27.3 Å². The van der Waals surface area contributed by atoms with Crippen LogP contribution < -0.4 is 0 Å². The van der Waals surface area contributed by atoms with Gasteiger partial charge in [-0.3, -0.25) is 4.98 Å². The highest BCUT2D eigenvalue weighted by atomic mass is 32.2. The van der Waals surface area contributed by atoms with Crippen LogP contribution >= 0.6 is 0 Å². The number of benzene rings is 1. The van der Waals surface area contributed by atoms with Crippen LogP contribution in [-0.2, 0) is 24.8 Å². The zero-order valence-electron chi connectivity index (χ0n) is 16.7. The molecule has 0 amide bonds. The van der Waals surface area contributed by atoms with Crippen molar-refractivity contribution in [1.29, 1.82) is 0 Å². The maximum atomic E-state index is 13.4. The lowest BCUT2D eigenvalue weighted by molar-refractivity contribution is 0.0856. The molecule has 3 aromatic rings. The van der Waals surface area contributed by atoms with Gasteiger partial charge in [0, 0.05) is 45.3 Å². The summed E-state index contributed by atoms with van der Waals surface area (Å²) in [5, 5.41) is 0. The Bertz CT molecular complexity index is 1270. The molecule has 1 aliphatic rings. The molecule has 10 heteroatoms. The summed E-state index contributed by atoms with van der Waals surface area (Å²) in [7, 11) is -4.71. The normalized spacial score (nSPS) is 16.4. The quantitative estimate of drug-likeness (QED) is 0.593. The first-order valence-electron chi connectivity index (χ1n) is 9.55. The molecule has 4 rings (SSSR count). The largest absolute Gasteiger partial charge is 0.381 e. The van der Waals surface area contributed by atoms with Gasteiger partial charge in [0.15, 0.2) is 0 Å². The summed E-state index contributed by atoms with van der Waals surface area (Å²) in [6, 6.07) is 8.70. The Morgan fingerprint density at radius 3 is 2.27 bits per heavy atom. The van der Waals surface area contributed by atoms with Crippen molar-refractivity contribution >= 4 is 31.1 Å². The molecule has 0 aliphatic carbocycles. The molecule has 160 valence electrons. The Balaban J connectivity index is 1.80. The molecule has 0 saturated carbocycles. The van der Waals surface area contributed by atoms with Gasteiger partial charge in [0.1, 0.15) is 0 Å². The number of ether oxygens (including phenoxy) is 1. The summed E-state index contributed by atoms with van der Waals surface area (Å²) in [5.41, 5.74) is 2.06. The smallest absolute Gasteiger partial charge is 0.268 e. The van der Waals surface area contributed by atoms with Crippen molar-refractivity contribution in [3.63, 3.8) is 0 Å². The fourth-order valence-corrected chi connectivity index (χ4v) is 5.94. The number of aromatic nitrogens is 2. The molecule has 0 spiro atoms. The number of pyridine rings is 1. The number of hydrogen-bond donors (Lipinski definition) is 0. The molecule has 1 fully saturated rings. The molecular weight excluding hydrogens is 426 g/mol. The van der Waals surface area contributed by atoms with Gasteiger partial charge in [-0.1, -0.05) is 0 Å². The van der Waals surface area contributed by atoms with Gasteiger partial charge in [0.2, 0.25) is 10.0 Å². The standard InChI is InChI=1S/C20H23N3O5S2/c1-22(2)29(24,25)16-5-7-17(8-6-16)30(26,27)23-14-18(15-9-12-28-13-10-15)20-19(23)4-3-11-21-20/h3-8,11,14-15H,9-10,12-13H2,1-2H3. The van der Waals surface area contributed by atoms with Crippen LogP contribution in [-0.4, -0.2) is 57.4 Å². The lowest BCUT2D eigenvalue weighted by Crippen LogP contribution is -2.22. The fourth-order valence-electron chi connectivity index (χ4n) is 3.67. The molecule has 1 aromatic carbocycles. The maximum Gasteiger partial charge on any atom is 0.268 e. The Morgan fingerprint density at radius 2 is 1.63 bits per heavy atom. The highest BCUT2D eigenvalue weighted by Gasteiger charge is 2.27. The van der Waals surface area contributed by atoms with Crippen molar-refractivity contribution in [3.8, 4) is 0 Å². The monoisotopic (exact) mass is 449 g/mol. The molecule has 8 nitrogen and oxygen atoms in total. The zero-order chi connectivity index (χ0) is 21.5. The summed E-state index contributed by atoms with van der Waals surface area (Å²) in [6.45, 7) is 1.28. The van der Waals surface area contributed by atoms with Crippen LogP contribution in [0.2, 0.25) is 0 Å². The van der Waals surface area contributed by atoms with Gasteiger partial charge in [0.05, 0.1) is 20.8 Å². The van der Waals surface area contributed by atoms with Crippen LogP contribution in [0.3, 0.4) is 0 Å². The lowest BCUT2D eigenvalue weighted by Gasteiger charge is -2.21. The third-order valence-electron chi connectivity index (χ3n) is 5.37. The van der Waals surface area contributed by atoms with Gasteiger partial charge in [-0.25, -0.2) is 25.1 Å². The molecule has 2 aromatic heterocycles. The highest BCUT2D eigenvalue weighted by Crippen LogP contribution is 2.34. The van der Waals surface area contributed by atoms with E-state index in [4.69, 9.17) is 4.74 Å². The molecule has 1 saturated heterocycles. The second kappa shape index (κ2) is 7.77. The molecule has 30 heavy (non-hydrogen) atoms. The Morgan fingerprint density at radius 1 is 1.00 bits per heavy atom. The molecular formula is C20H23N3O5S2. The molecule has 0 unspecified atom stereocenters. The summed E-state index contributed by atoms with van der Waals surface area (Å²) in [4.78, 5) is 4.49. The van der Waals surface area contributed by atoms with E-state index in [0.717, 1.165) is 22.7 Å². The number of hydrogen-bond acceptors (Lipinski definition) is 6.